The van der Waals surface area contributed by atoms with Crippen LogP contribution in [0.25, 0.3) is 27.7 Å². The van der Waals surface area contributed by atoms with Crippen molar-refractivity contribution in [3.63, 3.8) is 0 Å². The van der Waals surface area contributed by atoms with Crippen molar-refractivity contribution in [2.45, 2.75) is 6.17 Å². The van der Waals surface area contributed by atoms with Crippen molar-refractivity contribution in [2.75, 3.05) is 25.0 Å². The summed E-state index contributed by atoms with van der Waals surface area (Å²) in [5, 5.41) is 7.95. The maximum Gasteiger partial charge on any atom is 0.135 e. The number of benzene rings is 1. The van der Waals surface area contributed by atoms with Gasteiger partial charge in [-0.2, -0.15) is 5.10 Å². The summed E-state index contributed by atoms with van der Waals surface area (Å²) in [7, 11) is 1.60. The van der Waals surface area contributed by atoms with Crippen molar-refractivity contribution in [1.82, 2.24) is 15.2 Å². The number of halogens is 2. The highest BCUT2D eigenvalue weighted by atomic mass is 19.1. The lowest BCUT2D eigenvalue weighted by molar-refractivity contribution is 0.273. The van der Waals surface area contributed by atoms with Crippen LogP contribution in [0.4, 0.5) is 14.6 Å². The molecule has 8 heteroatoms. The van der Waals surface area contributed by atoms with E-state index in [1.54, 1.807) is 19.3 Å². The lowest BCUT2D eigenvalue weighted by Crippen LogP contribution is -2.48. The van der Waals surface area contributed by atoms with E-state index >= 15 is 0 Å². The van der Waals surface area contributed by atoms with Gasteiger partial charge in [-0.05, 0) is 18.2 Å². The highest BCUT2D eigenvalue weighted by Gasteiger charge is 2.27. The van der Waals surface area contributed by atoms with Gasteiger partial charge in [-0.25, -0.2) is 13.8 Å². The fourth-order valence-electron chi connectivity index (χ4n) is 3.17. The molecule has 3 heterocycles. The van der Waals surface area contributed by atoms with Crippen LogP contribution in [0.1, 0.15) is 5.56 Å². The molecule has 2 aromatic heterocycles. The molecule has 0 spiro atoms. The van der Waals surface area contributed by atoms with Gasteiger partial charge < -0.3 is 10.6 Å². The van der Waals surface area contributed by atoms with Crippen LogP contribution < -0.4 is 10.6 Å². The van der Waals surface area contributed by atoms with Crippen LogP contribution in [0.15, 0.2) is 41.7 Å². The molecule has 1 fully saturated rings. The van der Waals surface area contributed by atoms with Gasteiger partial charge in [-0.1, -0.05) is 0 Å². The second-order valence-electron chi connectivity index (χ2n) is 6.36. The molecule has 4 rings (SSSR count). The summed E-state index contributed by atoms with van der Waals surface area (Å²) < 4.78 is 27.6. The molecule has 0 aliphatic carbocycles. The van der Waals surface area contributed by atoms with E-state index in [0.29, 0.717) is 41.3 Å². The third-order valence-electron chi connectivity index (χ3n) is 4.59. The number of fused-ring (bicyclic) bond motifs is 1. The Morgan fingerprint density at radius 2 is 2.19 bits per heavy atom. The van der Waals surface area contributed by atoms with Crippen LogP contribution in [0.2, 0.25) is 0 Å². The predicted octanol–water partition coefficient (Wildman–Crippen LogP) is 2.92. The number of nitrogens with two attached hydrogens (primary N) is 1. The van der Waals surface area contributed by atoms with E-state index in [1.807, 2.05) is 17.0 Å². The van der Waals surface area contributed by atoms with Crippen LogP contribution in [0, 0.1) is 5.82 Å². The number of nitrogens with zero attached hydrogens (tertiary/aromatic N) is 4. The summed E-state index contributed by atoms with van der Waals surface area (Å²) in [4.78, 5) is 10.1. The van der Waals surface area contributed by atoms with Gasteiger partial charge in [0.1, 0.15) is 23.5 Å². The van der Waals surface area contributed by atoms with E-state index < -0.39 is 12.0 Å². The summed E-state index contributed by atoms with van der Waals surface area (Å²) in [6.07, 6.45) is 3.68. The van der Waals surface area contributed by atoms with E-state index in [-0.39, 0.29) is 0 Å². The number of aliphatic imine (C=N–C) groups is 1. The van der Waals surface area contributed by atoms with Crippen LogP contribution in [0.5, 0.6) is 0 Å². The van der Waals surface area contributed by atoms with Crippen molar-refractivity contribution in [2.24, 2.45) is 10.7 Å². The van der Waals surface area contributed by atoms with E-state index in [1.165, 1.54) is 18.5 Å². The quantitative estimate of drug-likeness (QED) is 0.694. The number of aromatic nitrogens is 3. The molecule has 1 aliphatic rings. The number of aromatic amines is 1. The first-order chi connectivity index (χ1) is 13.1. The van der Waals surface area contributed by atoms with Gasteiger partial charge in [0.25, 0.3) is 0 Å². The molecule has 27 heavy (non-hydrogen) atoms. The summed E-state index contributed by atoms with van der Waals surface area (Å²) in [5.74, 6) is 0.278. The standard InChI is InChI=1S/C19H18F2N6/c1-23-8-12(7-22)14-5-15-17(6-16(14)21)25-26-19(15)11-2-3-24-18(4-11)27-9-13(20)10-27/h2-8,13H,9-10,22H2,1H3,(H,25,26). The number of H-pyrrole nitrogens is 1. The smallest absolute Gasteiger partial charge is 0.135 e. The minimum Gasteiger partial charge on any atom is -0.404 e. The Balaban J connectivity index is 1.80. The van der Waals surface area contributed by atoms with Crippen molar-refractivity contribution < 1.29 is 8.78 Å². The fraction of sp³-hybridized carbons (Fsp3) is 0.211. The average molecular weight is 368 g/mol. The van der Waals surface area contributed by atoms with Gasteiger partial charge in [0.05, 0.1) is 18.6 Å². The lowest BCUT2D eigenvalue weighted by atomic mass is 10.0. The number of allylic oxidation sites excluding steroid dienone is 1. The molecule has 0 amide bonds. The molecular formula is C19H18F2N6. The fourth-order valence-corrected chi connectivity index (χ4v) is 3.17. The Bertz CT molecular complexity index is 1050. The van der Waals surface area contributed by atoms with E-state index in [0.717, 1.165) is 10.9 Å². The Labute approximate surface area is 154 Å². The zero-order valence-electron chi connectivity index (χ0n) is 14.7. The summed E-state index contributed by atoms with van der Waals surface area (Å²) >= 11 is 0. The highest BCUT2D eigenvalue weighted by molar-refractivity contribution is 6.11. The van der Waals surface area contributed by atoms with Gasteiger partial charge in [0.2, 0.25) is 0 Å². The molecule has 0 atom stereocenters. The number of anilines is 1. The van der Waals surface area contributed by atoms with Crippen LogP contribution in [0.3, 0.4) is 0 Å². The number of hydrogen-bond acceptors (Lipinski definition) is 5. The zero-order chi connectivity index (χ0) is 19.0. The Morgan fingerprint density at radius 1 is 1.37 bits per heavy atom. The predicted molar refractivity (Wildman–Crippen MR) is 103 cm³/mol. The van der Waals surface area contributed by atoms with Crippen LogP contribution in [-0.4, -0.2) is 47.7 Å². The molecule has 138 valence electrons. The van der Waals surface area contributed by atoms with Gasteiger partial charge in [0, 0.05) is 53.8 Å². The minimum atomic E-state index is -0.811. The molecule has 6 nitrogen and oxygen atoms in total. The molecule has 3 N–H and O–H groups in total. The minimum absolute atomic E-state index is 0.341. The molecule has 1 saturated heterocycles. The van der Waals surface area contributed by atoms with Crippen molar-refractivity contribution in [1.29, 1.82) is 0 Å². The molecule has 0 unspecified atom stereocenters. The molecule has 3 aromatic rings. The first-order valence-corrected chi connectivity index (χ1v) is 8.48. The molecule has 0 saturated carbocycles. The van der Waals surface area contributed by atoms with Crippen molar-refractivity contribution >= 4 is 28.5 Å². The first kappa shape index (κ1) is 17.1. The van der Waals surface area contributed by atoms with Gasteiger partial charge >= 0.3 is 0 Å². The molecule has 1 aromatic carbocycles. The second-order valence-corrected chi connectivity index (χ2v) is 6.36. The molecule has 1 aliphatic heterocycles. The van der Waals surface area contributed by atoms with E-state index in [2.05, 4.69) is 20.2 Å². The number of alkyl halides is 1. The average Bonchev–Trinajstić information content (AvgIpc) is 3.06. The molecular weight excluding hydrogens is 350 g/mol. The monoisotopic (exact) mass is 368 g/mol. The van der Waals surface area contributed by atoms with E-state index in [9.17, 15) is 8.78 Å². The van der Waals surface area contributed by atoms with Crippen LogP contribution >= 0.6 is 0 Å². The topological polar surface area (TPSA) is 83.2 Å². The summed E-state index contributed by atoms with van der Waals surface area (Å²) in [6, 6.07) is 6.77. The number of rotatable bonds is 4. The molecule has 0 radical (unpaired) electrons. The summed E-state index contributed by atoms with van der Waals surface area (Å²) in [6.45, 7) is 0.683. The maximum atomic E-state index is 14.5. The van der Waals surface area contributed by atoms with Crippen LogP contribution in [-0.2, 0) is 0 Å². The van der Waals surface area contributed by atoms with Gasteiger partial charge in [-0.15, -0.1) is 0 Å². The zero-order valence-corrected chi connectivity index (χ0v) is 14.7. The third-order valence-corrected chi connectivity index (χ3v) is 4.59. The van der Waals surface area contributed by atoms with Gasteiger partial charge in [0.15, 0.2) is 0 Å². The maximum absolute atomic E-state index is 14.5. The lowest BCUT2D eigenvalue weighted by Gasteiger charge is -2.35. The van der Waals surface area contributed by atoms with Crippen molar-refractivity contribution in [3.8, 4) is 11.3 Å². The second kappa shape index (κ2) is 6.79. The first-order valence-electron chi connectivity index (χ1n) is 8.48. The van der Waals surface area contributed by atoms with Gasteiger partial charge in [-0.3, -0.25) is 10.1 Å². The Hall–Kier alpha value is -3.29. The Kier molecular flexibility index (Phi) is 4.31. The highest BCUT2D eigenvalue weighted by Crippen LogP contribution is 2.32. The SMILES string of the molecule is CN=CC(=CN)c1cc2c(-c3ccnc(N4CC(F)C4)c3)n[nH]c2cc1F. The normalized spacial score (nSPS) is 15.7. The largest absolute Gasteiger partial charge is 0.404 e. The molecule has 0 bridgehead atoms. The van der Waals surface area contributed by atoms with E-state index in [4.69, 9.17) is 5.73 Å². The van der Waals surface area contributed by atoms with Crippen molar-refractivity contribution in [3.05, 3.63) is 48.0 Å². The Morgan fingerprint density at radius 3 is 2.89 bits per heavy atom. The number of nitrogens with one attached hydrogen (secondary N) is 1. The summed E-state index contributed by atoms with van der Waals surface area (Å²) in [5.41, 5.74) is 8.50. The number of hydrogen-bond donors (Lipinski definition) is 2. The third kappa shape index (κ3) is 3.03. The number of pyridine rings is 1.